The SMILES string of the molecule is CC1(C)c2cc(-c3ccccc3)ccc2-c2ccc(-c3ccc4c(c3)C(C)(C)c3cc(-c5cc(-c6ccccc6)ccc5-c5ccc6c(c5)C(C)(C)c5ccccc5-6)ccc3-4)cc21. The Hall–Kier alpha value is -7.02. The molecule has 0 heteroatoms. The van der Waals surface area contributed by atoms with Gasteiger partial charge in [0.05, 0.1) is 0 Å². The minimum Gasteiger partial charge on any atom is -0.0622 e. The minimum atomic E-state index is -0.183. The Labute approximate surface area is 372 Å². The van der Waals surface area contributed by atoms with E-state index in [1.807, 2.05) is 0 Å². The molecule has 3 aliphatic carbocycles. The van der Waals surface area contributed by atoms with Gasteiger partial charge in [0.1, 0.15) is 0 Å². The maximum Gasteiger partial charge on any atom is 0.0159 e. The first kappa shape index (κ1) is 37.7. The molecule has 0 N–H and O–H groups in total. The van der Waals surface area contributed by atoms with Crippen molar-refractivity contribution in [3.63, 3.8) is 0 Å². The van der Waals surface area contributed by atoms with Crippen LogP contribution in [0.25, 0.3) is 89.0 Å². The van der Waals surface area contributed by atoms with Crippen molar-refractivity contribution in [1.29, 1.82) is 0 Å². The smallest absolute Gasteiger partial charge is 0.0159 e. The van der Waals surface area contributed by atoms with Gasteiger partial charge < -0.3 is 0 Å². The Morgan fingerprint density at radius 1 is 0.190 bits per heavy atom. The van der Waals surface area contributed by atoms with Crippen molar-refractivity contribution in [3.05, 3.63) is 228 Å². The Kier molecular flexibility index (Phi) is 8.08. The maximum atomic E-state index is 2.49. The van der Waals surface area contributed by atoms with Gasteiger partial charge >= 0.3 is 0 Å². The summed E-state index contributed by atoms with van der Waals surface area (Å²) in [7, 11) is 0. The third kappa shape index (κ3) is 5.60. The molecule has 0 amide bonds. The third-order valence-electron chi connectivity index (χ3n) is 15.1. The summed E-state index contributed by atoms with van der Waals surface area (Å²) < 4.78 is 0. The molecule has 302 valence electrons. The Morgan fingerprint density at radius 2 is 0.476 bits per heavy atom. The molecule has 0 bridgehead atoms. The molecule has 0 heterocycles. The summed E-state index contributed by atoms with van der Waals surface area (Å²) in [6.45, 7) is 14.4. The van der Waals surface area contributed by atoms with Crippen LogP contribution >= 0.6 is 0 Å². The minimum absolute atomic E-state index is 0.0676. The van der Waals surface area contributed by atoms with Gasteiger partial charge in [-0.15, -0.1) is 0 Å². The normalized spacial score (nSPS) is 15.2. The molecule has 9 aromatic carbocycles. The van der Waals surface area contributed by atoms with Crippen LogP contribution in [0.1, 0.15) is 74.9 Å². The van der Waals surface area contributed by atoms with E-state index in [0.29, 0.717) is 0 Å². The lowest BCUT2D eigenvalue weighted by Crippen LogP contribution is -2.15. The molecule has 0 aliphatic heterocycles. The molecule has 0 unspecified atom stereocenters. The number of hydrogen-bond acceptors (Lipinski definition) is 0. The van der Waals surface area contributed by atoms with Crippen molar-refractivity contribution in [1.82, 2.24) is 0 Å². The van der Waals surface area contributed by atoms with E-state index < -0.39 is 0 Å². The predicted octanol–water partition coefficient (Wildman–Crippen LogP) is 16.9. The van der Waals surface area contributed by atoms with E-state index in [9.17, 15) is 0 Å². The fourth-order valence-electron chi connectivity index (χ4n) is 11.5. The monoisotopic (exact) mass is 806 g/mol. The van der Waals surface area contributed by atoms with E-state index in [2.05, 4.69) is 236 Å². The van der Waals surface area contributed by atoms with E-state index in [-0.39, 0.29) is 16.2 Å². The van der Waals surface area contributed by atoms with Crippen molar-refractivity contribution < 1.29 is 0 Å². The molecule has 0 aromatic heterocycles. The van der Waals surface area contributed by atoms with Gasteiger partial charge in [-0.3, -0.25) is 0 Å². The second-order valence-electron chi connectivity index (χ2n) is 19.7. The average molecular weight is 807 g/mol. The zero-order chi connectivity index (χ0) is 42.8. The third-order valence-corrected chi connectivity index (χ3v) is 15.1. The molecule has 0 saturated carbocycles. The zero-order valence-electron chi connectivity index (χ0n) is 37.0. The number of rotatable bonds is 5. The largest absolute Gasteiger partial charge is 0.0622 e. The highest BCUT2D eigenvalue weighted by atomic mass is 14.4. The number of fused-ring (bicyclic) bond motifs is 9. The molecule has 0 fully saturated rings. The van der Waals surface area contributed by atoms with Gasteiger partial charge in [-0.05, 0) is 159 Å². The Balaban J connectivity index is 0.926. The lowest BCUT2D eigenvalue weighted by atomic mass is 9.79. The van der Waals surface area contributed by atoms with E-state index in [1.165, 1.54) is 122 Å². The summed E-state index contributed by atoms with van der Waals surface area (Å²) in [6.07, 6.45) is 0. The first-order valence-corrected chi connectivity index (χ1v) is 22.6. The van der Waals surface area contributed by atoms with Crippen molar-refractivity contribution in [2.45, 2.75) is 57.8 Å². The molecular weight excluding hydrogens is 757 g/mol. The van der Waals surface area contributed by atoms with Gasteiger partial charge in [0, 0.05) is 16.2 Å². The summed E-state index contributed by atoms with van der Waals surface area (Å²) in [5, 5.41) is 0. The molecule has 0 spiro atoms. The molecule has 0 radical (unpaired) electrons. The zero-order valence-corrected chi connectivity index (χ0v) is 37.0. The average Bonchev–Trinajstić information content (AvgIpc) is 3.80. The van der Waals surface area contributed by atoms with Crippen molar-refractivity contribution in [2.75, 3.05) is 0 Å². The summed E-state index contributed by atoms with van der Waals surface area (Å²) >= 11 is 0. The second-order valence-corrected chi connectivity index (χ2v) is 19.7. The molecule has 63 heavy (non-hydrogen) atoms. The molecular formula is C63H50. The summed E-state index contributed by atoms with van der Waals surface area (Å²) in [4.78, 5) is 0. The van der Waals surface area contributed by atoms with Crippen molar-refractivity contribution in [3.8, 4) is 89.0 Å². The van der Waals surface area contributed by atoms with Crippen molar-refractivity contribution >= 4 is 0 Å². The van der Waals surface area contributed by atoms with E-state index >= 15 is 0 Å². The topological polar surface area (TPSA) is 0 Å². The fraction of sp³-hybridized carbons (Fsp3) is 0.143. The number of benzene rings is 9. The van der Waals surface area contributed by atoms with Gasteiger partial charge in [-0.1, -0.05) is 199 Å². The number of hydrogen-bond donors (Lipinski definition) is 0. The quantitative estimate of drug-likeness (QED) is 0.163. The lowest BCUT2D eigenvalue weighted by Gasteiger charge is -2.24. The van der Waals surface area contributed by atoms with Gasteiger partial charge in [-0.25, -0.2) is 0 Å². The standard InChI is InChI=1S/C63H50/c1-61(2)55-20-14-13-19-48(55)49-31-25-45(37-59(49)61)47-27-21-41(39-15-9-7-10-16-39)33-54(47)46-26-32-53-52-30-24-44(36-58(52)63(5,6)60(53)38-46)43-23-29-51-50-28-22-42(40-17-11-8-12-18-40)34-56(50)62(3,4)57(51)35-43/h7-38H,1-6H3. The van der Waals surface area contributed by atoms with Crippen LogP contribution in [-0.4, -0.2) is 0 Å². The van der Waals surface area contributed by atoms with E-state index in [0.717, 1.165) is 0 Å². The van der Waals surface area contributed by atoms with Crippen LogP contribution in [0, 0.1) is 0 Å². The summed E-state index contributed by atoms with van der Waals surface area (Å²) in [5.74, 6) is 0. The molecule has 3 aliphatic rings. The second kappa shape index (κ2) is 13.5. The van der Waals surface area contributed by atoms with Crippen LogP contribution in [0.5, 0.6) is 0 Å². The highest BCUT2D eigenvalue weighted by molar-refractivity contribution is 5.93. The molecule has 12 rings (SSSR count). The lowest BCUT2D eigenvalue weighted by molar-refractivity contribution is 0.660. The van der Waals surface area contributed by atoms with Crippen LogP contribution in [0.4, 0.5) is 0 Å². The maximum absolute atomic E-state index is 2.49. The first-order chi connectivity index (χ1) is 30.5. The van der Waals surface area contributed by atoms with Gasteiger partial charge in [0.2, 0.25) is 0 Å². The van der Waals surface area contributed by atoms with Gasteiger partial charge in [0.25, 0.3) is 0 Å². The Morgan fingerprint density at radius 3 is 0.921 bits per heavy atom. The Bertz CT molecular complexity index is 3340. The summed E-state index contributed by atoms with van der Waals surface area (Å²) in [6, 6.07) is 73.4. The van der Waals surface area contributed by atoms with Crippen LogP contribution in [0.15, 0.2) is 194 Å². The molecule has 0 nitrogen and oxygen atoms in total. The molecule has 0 saturated heterocycles. The van der Waals surface area contributed by atoms with Gasteiger partial charge in [-0.2, -0.15) is 0 Å². The molecule has 9 aromatic rings. The van der Waals surface area contributed by atoms with Crippen LogP contribution < -0.4 is 0 Å². The van der Waals surface area contributed by atoms with Crippen LogP contribution in [-0.2, 0) is 16.2 Å². The van der Waals surface area contributed by atoms with Crippen LogP contribution in [0.2, 0.25) is 0 Å². The first-order valence-electron chi connectivity index (χ1n) is 22.6. The van der Waals surface area contributed by atoms with E-state index in [1.54, 1.807) is 0 Å². The summed E-state index contributed by atoms with van der Waals surface area (Å²) in [5.41, 5.74) is 28.7. The van der Waals surface area contributed by atoms with E-state index in [4.69, 9.17) is 0 Å². The van der Waals surface area contributed by atoms with Crippen molar-refractivity contribution in [2.24, 2.45) is 0 Å². The predicted molar refractivity (Wildman–Crippen MR) is 266 cm³/mol. The fourth-order valence-corrected chi connectivity index (χ4v) is 11.5. The highest BCUT2D eigenvalue weighted by Gasteiger charge is 2.39. The van der Waals surface area contributed by atoms with Crippen LogP contribution in [0.3, 0.4) is 0 Å². The van der Waals surface area contributed by atoms with Gasteiger partial charge in [0.15, 0.2) is 0 Å². The highest BCUT2D eigenvalue weighted by Crippen LogP contribution is 2.54. The molecule has 0 atom stereocenters.